The van der Waals surface area contributed by atoms with Crippen molar-refractivity contribution in [1.82, 2.24) is 25.0 Å². The van der Waals surface area contributed by atoms with Crippen LogP contribution in [-0.4, -0.2) is 45.2 Å². The average molecular weight is 404 g/mol. The Morgan fingerprint density at radius 1 is 1.15 bits per heavy atom. The van der Waals surface area contributed by atoms with Crippen LogP contribution in [0, 0.1) is 0 Å². The number of amides is 1. The highest BCUT2D eigenvalue weighted by Gasteiger charge is 2.29. The van der Waals surface area contributed by atoms with Crippen molar-refractivity contribution in [2.24, 2.45) is 0 Å². The molecule has 27 heavy (non-hydrogen) atoms. The van der Waals surface area contributed by atoms with Crippen LogP contribution in [0.3, 0.4) is 0 Å². The fourth-order valence-corrected chi connectivity index (χ4v) is 4.81. The van der Waals surface area contributed by atoms with E-state index in [2.05, 4.69) is 37.6 Å². The lowest BCUT2D eigenvalue weighted by Gasteiger charge is -2.32. The van der Waals surface area contributed by atoms with E-state index in [1.54, 1.807) is 11.3 Å². The second-order valence-electron chi connectivity index (χ2n) is 7.04. The molecule has 1 amide bonds. The van der Waals surface area contributed by atoms with E-state index < -0.39 is 0 Å². The zero-order valence-corrected chi connectivity index (χ0v) is 16.6. The minimum absolute atomic E-state index is 0. The smallest absolute Gasteiger partial charge is 0.253 e. The molecular formula is C19H22ClN5OS. The SMILES string of the molecule is Cl.O=C(c1ccc2sccc2c1)N1CCC(c2nnc3n2CCNC3)CC1. The summed E-state index contributed by atoms with van der Waals surface area (Å²) in [5, 5.41) is 15.3. The Morgan fingerprint density at radius 3 is 2.85 bits per heavy atom. The Labute approximate surface area is 168 Å². The van der Waals surface area contributed by atoms with Gasteiger partial charge >= 0.3 is 0 Å². The second kappa shape index (κ2) is 7.58. The number of rotatable bonds is 2. The van der Waals surface area contributed by atoms with Gasteiger partial charge in [0.05, 0.1) is 6.54 Å². The summed E-state index contributed by atoms with van der Waals surface area (Å²) in [6, 6.07) is 8.10. The van der Waals surface area contributed by atoms with Gasteiger partial charge in [0.2, 0.25) is 0 Å². The van der Waals surface area contributed by atoms with Crippen LogP contribution >= 0.6 is 23.7 Å². The Bertz CT molecular complexity index is 960. The number of hydrogen-bond donors (Lipinski definition) is 1. The first kappa shape index (κ1) is 18.4. The molecule has 1 aromatic carbocycles. The van der Waals surface area contributed by atoms with Crippen molar-refractivity contribution in [2.75, 3.05) is 19.6 Å². The lowest BCUT2D eigenvalue weighted by Crippen LogP contribution is -2.38. The molecule has 5 rings (SSSR count). The lowest BCUT2D eigenvalue weighted by atomic mass is 9.95. The van der Waals surface area contributed by atoms with Crippen LogP contribution in [0.2, 0.25) is 0 Å². The van der Waals surface area contributed by atoms with Crippen molar-refractivity contribution < 1.29 is 4.79 Å². The molecule has 1 saturated heterocycles. The molecule has 0 bridgehead atoms. The monoisotopic (exact) mass is 403 g/mol. The fourth-order valence-electron chi connectivity index (χ4n) is 4.04. The Hall–Kier alpha value is -1.96. The maximum atomic E-state index is 12.9. The third kappa shape index (κ3) is 3.35. The number of thiophene rings is 1. The minimum atomic E-state index is 0. The second-order valence-corrected chi connectivity index (χ2v) is 7.99. The van der Waals surface area contributed by atoms with Gasteiger partial charge in [-0.2, -0.15) is 0 Å². The molecule has 0 unspecified atom stereocenters. The first-order chi connectivity index (χ1) is 12.8. The number of nitrogens with zero attached hydrogens (tertiary/aromatic N) is 4. The van der Waals surface area contributed by atoms with E-state index in [-0.39, 0.29) is 18.3 Å². The van der Waals surface area contributed by atoms with E-state index in [9.17, 15) is 4.79 Å². The van der Waals surface area contributed by atoms with Crippen LogP contribution in [0.25, 0.3) is 10.1 Å². The number of benzene rings is 1. The van der Waals surface area contributed by atoms with Crippen LogP contribution in [0.4, 0.5) is 0 Å². The summed E-state index contributed by atoms with van der Waals surface area (Å²) in [4.78, 5) is 14.9. The molecule has 4 heterocycles. The largest absolute Gasteiger partial charge is 0.339 e. The molecule has 1 fully saturated rings. The molecule has 6 nitrogen and oxygen atoms in total. The predicted molar refractivity (Wildman–Crippen MR) is 109 cm³/mol. The van der Waals surface area contributed by atoms with Crippen LogP contribution in [0.5, 0.6) is 0 Å². The van der Waals surface area contributed by atoms with Crippen molar-refractivity contribution in [3.8, 4) is 0 Å². The summed E-state index contributed by atoms with van der Waals surface area (Å²) in [6.45, 7) is 4.28. The molecule has 0 spiro atoms. The molecule has 8 heteroatoms. The van der Waals surface area contributed by atoms with Crippen LogP contribution in [0.15, 0.2) is 29.6 Å². The van der Waals surface area contributed by atoms with Gasteiger partial charge in [-0.1, -0.05) is 0 Å². The van der Waals surface area contributed by atoms with E-state index >= 15 is 0 Å². The molecule has 142 valence electrons. The van der Waals surface area contributed by atoms with Gasteiger partial charge in [0, 0.05) is 42.4 Å². The van der Waals surface area contributed by atoms with E-state index in [1.165, 1.54) is 4.70 Å². The first-order valence-electron chi connectivity index (χ1n) is 9.19. The number of likely N-dealkylation sites (tertiary alicyclic amines) is 1. The molecular weight excluding hydrogens is 382 g/mol. The van der Waals surface area contributed by atoms with Crippen molar-refractivity contribution >= 4 is 39.7 Å². The molecule has 1 N–H and O–H groups in total. The van der Waals surface area contributed by atoms with E-state index in [0.29, 0.717) is 5.92 Å². The molecule has 0 atom stereocenters. The summed E-state index contributed by atoms with van der Waals surface area (Å²) >= 11 is 1.71. The number of piperidine rings is 1. The zero-order chi connectivity index (χ0) is 17.5. The van der Waals surface area contributed by atoms with E-state index in [0.717, 1.165) is 68.2 Å². The highest BCUT2D eigenvalue weighted by atomic mass is 35.5. The zero-order valence-electron chi connectivity index (χ0n) is 14.9. The van der Waals surface area contributed by atoms with Gasteiger partial charge in [-0.3, -0.25) is 4.79 Å². The third-order valence-electron chi connectivity index (χ3n) is 5.50. The quantitative estimate of drug-likeness (QED) is 0.714. The van der Waals surface area contributed by atoms with Crippen LogP contribution in [0.1, 0.15) is 40.8 Å². The highest BCUT2D eigenvalue weighted by molar-refractivity contribution is 7.17. The summed E-state index contributed by atoms with van der Waals surface area (Å²) in [7, 11) is 0. The number of fused-ring (bicyclic) bond motifs is 2. The van der Waals surface area contributed by atoms with Gasteiger partial charge in [0.1, 0.15) is 11.6 Å². The van der Waals surface area contributed by atoms with Crippen molar-refractivity contribution in [2.45, 2.75) is 31.8 Å². The Balaban J connectivity index is 0.00000180. The maximum Gasteiger partial charge on any atom is 0.253 e. The van der Waals surface area contributed by atoms with E-state index in [4.69, 9.17) is 0 Å². The molecule has 2 aromatic heterocycles. The number of halogens is 1. The van der Waals surface area contributed by atoms with Gasteiger partial charge in [0.25, 0.3) is 5.91 Å². The Morgan fingerprint density at radius 2 is 2.00 bits per heavy atom. The lowest BCUT2D eigenvalue weighted by molar-refractivity contribution is 0.0710. The number of aromatic nitrogens is 3. The molecule has 0 aliphatic carbocycles. The standard InChI is InChI=1S/C19H21N5OS.ClH/c25-19(15-1-2-16-14(11-15)5-10-26-16)23-7-3-13(4-8-23)18-22-21-17-12-20-6-9-24(17)18;/h1-2,5,10-11,13,20H,3-4,6-9,12H2;1H. The van der Waals surface area contributed by atoms with Gasteiger partial charge in [-0.15, -0.1) is 33.9 Å². The van der Waals surface area contributed by atoms with Crippen molar-refractivity contribution in [3.05, 3.63) is 46.9 Å². The van der Waals surface area contributed by atoms with Crippen molar-refractivity contribution in [3.63, 3.8) is 0 Å². The molecule has 0 saturated carbocycles. The van der Waals surface area contributed by atoms with E-state index in [1.807, 2.05) is 17.0 Å². The van der Waals surface area contributed by atoms with Crippen molar-refractivity contribution in [1.29, 1.82) is 0 Å². The predicted octanol–water partition coefficient (Wildman–Crippen LogP) is 3.04. The molecule has 0 radical (unpaired) electrons. The number of carbonyl (C=O) groups is 1. The minimum Gasteiger partial charge on any atom is -0.339 e. The number of hydrogen-bond acceptors (Lipinski definition) is 5. The van der Waals surface area contributed by atoms with Gasteiger partial charge < -0.3 is 14.8 Å². The maximum absolute atomic E-state index is 12.9. The van der Waals surface area contributed by atoms with Gasteiger partial charge in [0.15, 0.2) is 0 Å². The summed E-state index contributed by atoms with van der Waals surface area (Å²) < 4.78 is 3.50. The Kier molecular flexibility index (Phi) is 5.16. The first-order valence-corrected chi connectivity index (χ1v) is 10.1. The number of carbonyl (C=O) groups excluding carboxylic acids is 1. The van der Waals surface area contributed by atoms with Gasteiger partial charge in [-0.25, -0.2) is 0 Å². The van der Waals surface area contributed by atoms with Crippen LogP contribution < -0.4 is 5.32 Å². The average Bonchev–Trinajstić information content (AvgIpc) is 3.34. The van der Waals surface area contributed by atoms with Crippen LogP contribution in [-0.2, 0) is 13.1 Å². The summed E-state index contributed by atoms with van der Waals surface area (Å²) in [5.41, 5.74) is 0.792. The van der Waals surface area contributed by atoms with Gasteiger partial charge in [-0.05, 0) is 47.9 Å². The molecule has 2 aliphatic heterocycles. The third-order valence-corrected chi connectivity index (χ3v) is 6.40. The number of nitrogens with one attached hydrogen (secondary N) is 1. The summed E-state index contributed by atoms with van der Waals surface area (Å²) in [6.07, 6.45) is 1.91. The molecule has 2 aliphatic rings. The normalized spacial score (nSPS) is 17.6. The highest BCUT2D eigenvalue weighted by Crippen LogP contribution is 2.29. The summed E-state index contributed by atoms with van der Waals surface area (Å²) in [5.74, 6) is 2.68. The topological polar surface area (TPSA) is 63.1 Å². The molecule has 3 aromatic rings. The fraction of sp³-hybridized carbons (Fsp3) is 0.421.